The fraction of sp³-hybridized carbons (Fsp3) is 0.259. The van der Waals surface area contributed by atoms with Gasteiger partial charge in [-0.2, -0.15) is 0 Å². The smallest absolute Gasteiger partial charge is 0.259 e. The second kappa shape index (κ2) is 9.77. The molecule has 0 spiro atoms. The molecule has 0 radical (unpaired) electrons. The Kier molecular flexibility index (Phi) is 6.96. The minimum absolute atomic E-state index is 0.0529. The van der Waals surface area contributed by atoms with Crippen LogP contribution in [0.5, 0.6) is 0 Å². The van der Waals surface area contributed by atoms with Gasteiger partial charge in [0.05, 0.1) is 10.5 Å². The Morgan fingerprint density at radius 3 is 2.41 bits per heavy atom. The lowest BCUT2D eigenvalue weighted by atomic mass is 9.91. The highest BCUT2D eigenvalue weighted by molar-refractivity contribution is 6.32. The van der Waals surface area contributed by atoms with E-state index in [0.717, 1.165) is 16.8 Å². The van der Waals surface area contributed by atoms with E-state index in [0.29, 0.717) is 28.9 Å². The topological polar surface area (TPSA) is 49.0 Å². The first-order valence-corrected chi connectivity index (χ1v) is 11.8. The van der Waals surface area contributed by atoms with Gasteiger partial charge in [-0.1, -0.05) is 62.2 Å². The summed E-state index contributed by atoms with van der Waals surface area (Å²) in [6.45, 7) is 6.97. The van der Waals surface area contributed by atoms with E-state index in [2.05, 4.69) is 30.7 Å². The van der Waals surface area contributed by atoms with Crippen LogP contribution in [0.2, 0.25) is 10.0 Å². The Morgan fingerprint density at radius 1 is 1.06 bits per heavy atom. The summed E-state index contributed by atoms with van der Waals surface area (Å²) in [5.74, 6) is -1.15. The van der Waals surface area contributed by atoms with Gasteiger partial charge in [-0.25, -0.2) is 4.39 Å². The number of hydrogen-bond acceptors (Lipinski definition) is 2. The molecular formula is C27H26Cl2FN3O. The Labute approximate surface area is 208 Å². The molecule has 1 N–H and O–H groups in total. The first-order valence-electron chi connectivity index (χ1n) is 11.1. The number of fused-ring (bicyclic) bond motifs is 1. The molecule has 0 aliphatic rings. The summed E-state index contributed by atoms with van der Waals surface area (Å²) in [6.07, 6.45) is 4.04. The molecule has 1 amide bonds. The number of amides is 1. The summed E-state index contributed by atoms with van der Waals surface area (Å²) in [4.78, 5) is 22.9. The molecule has 0 aliphatic heterocycles. The van der Waals surface area contributed by atoms with E-state index in [1.54, 1.807) is 23.4 Å². The summed E-state index contributed by atoms with van der Waals surface area (Å²) in [5, 5.41) is 1.25. The molecule has 2 aromatic heterocycles. The van der Waals surface area contributed by atoms with E-state index in [1.807, 2.05) is 36.4 Å². The monoisotopic (exact) mass is 497 g/mol. The first-order chi connectivity index (χ1) is 16.1. The van der Waals surface area contributed by atoms with Gasteiger partial charge in [0.15, 0.2) is 5.82 Å². The summed E-state index contributed by atoms with van der Waals surface area (Å²) < 4.78 is 15.1. The minimum Gasteiger partial charge on any atom is -0.360 e. The number of aromatic nitrogens is 2. The third-order valence-corrected chi connectivity index (χ3v) is 6.32. The fourth-order valence-corrected chi connectivity index (χ4v) is 4.19. The highest BCUT2D eigenvalue weighted by Crippen LogP contribution is 2.29. The van der Waals surface area contributed by atoms with Crippen molar-refractivity contribution in [1.29, 1.82) is 0 Å². The lowest BCUT2D eigenvalue weighted by molar-refractivity contribution is 0.0742. The molecule has 4 nitrogen and oxygen atoms in total. The summed E-state index contributed by atoms with van der Waals surface area (Å²) in [5.41, 5.74) is 3.16. The van der Waals surface area contributed by atoms with Gasteiger partial charge in [0.25, 0.3) is 5.91 Å². The van der Waals surface area contributed by atoms with Crippen molar-refractivity contribution < 1.29 is 9.18 Å². The minimum atomic E-state index is -0.723. The number of halogens is 3. The van der Waals surface area contributed by atoms with Crippen LogP contribution in [0, 0.1) is 5.82 Å². The zero-order valence-electron chi connectivity index (χ0n) is 19.3. The summed E-state index contributed by atoms with van der Waals surface area (Å²) >= 11 is 12.1. The molecule has 0 bridgehead atoms. The largest absolute Gasteiger partial charge is 0.360 e. The van der Waals surface area contributed by atoms with Crippen molar-refractivity contribution in [2.24, 2.45) is 0 Å². The van der Waals surface area contributed by atoms with Crippen LogP contribution in [0.4, 0.5) is 4.39 Å². The maximum absolute atomic E-state index is 15.1. The predicted octanol–water partition coefficient (Wildman–Crippen LogP) is 7.19. The maximum Gasteiger partial charge on any atom is 0.259 e. The number of benzene rings is 2. The summed E-state index contributed by atoms with van der Waals surface area (Å²) in [6, 6.07) is 14.7. The zero-order chi connectivity index (χ0) is 24.5. The molecule has 4 aromatic rings. The molecule has 4 rings (SSSR count). The first kappa shape index (κ1) is 24.2. The molecule has 7 heteroatoms. The second-order valence-electron chi connectivity index (χ2n) is 9.39. The Bertz CT molecular complexity index is 1310. The SMILES string of the molecule is CC(C)(C)c1ccc(CN(CCc2ccc(Cl)cc2)C(=O)c2c(F)c(Cl)cc3cc[nH]c23)cn1. The third-order valence-electron chi connectivity index (χ3n) is 5.79. The van der Waals surface area contributed by atoms with Crippen LogP contribution in [0.1, 0.15) is 48.0 Å². The summed E-state index contributed by atoms with van der Waals surface area (Å²) in [7, 11) is 0. The molecule has 0 saturated heterocycles. The number of carbonyl (C=O) groups excluding carboxylic acids is 1. The molecule has 2 heterocycles. The molecular weight excluding hydrogens is 472 g/mol. The van der Waals surface area contributed by atoms with Crippen LogP contribution >= 0.6 is 23.2 Å². The van der Waals surface area contributed by atoms with Gasteiger partial charge in [-0.15, -0.1) is 0 Å². The molecule has 0 fully saturated rings. The molecule has 0 atom stereocenters. The van der Waals surface area contributed by atoms with E-state index in [9.17, 15) is 4.79 Å². The van der Waals surface area contributed by atoms with E-state index in [4.69, 9.17) is 23.2 Å². The lowest BCUT2D eigenvalue weighted by Crippen LogP contribution is -2.33. The van der Waals surface area contributed by atoms with Crippen molar-refractivity contribution in [3.8, 4) is 0 Å². The highest BCUT2D eigenvalue weighted by Gasteiger charge is 2.25. The van der Waals surface area contributed by atoms with Gasteiger partial charge >= 0.3 is 0 Å². The number of H-pyrrole nitrogens is 1. The fourth-order valence-electron chi connectivity index (χ4n) is 3.86. The highest BCUT2D eigenvalue weighted by atomic mass is 35.5. The average Bonchev–Trinajstić information content (AvgIpc) is 3.25. The van der Waals surface area contributed by atoms with Gasteiger partial charge in [0, 0.05) is 47.0 Å². The average molecular weight is 498 g/mol. The van der Waals surface area contributed by atoms with Gasteiger partial charge in [0.1, 0.15) is 5.56 Å². The Balaban J connectivity index is 1.67. The van der Waals surface area contributed by atoms with Crippen molar-refractivity contribution in [2.75, 3.05) is 6.54 Å². The molecule has 0 unspecified atom stereocenters. The van der Waals surface area contributed by atoms with Crippen LogP contribution in [0.15, 0.2) is 60.9 Å². The van der Waals surface area contributed by atoms with Crippen LogP contribution in [0.25, 0.3) is 10.9 Å². The molecule has 34 heavy (non-hydrogen) atoms. The van der Waals surface area contributed by atoms with Crippen LogP contribution in [0.3, 0.4) is 0 Å². The van der Waals surface area contributed by atoms with Crippen LogP contribution < -0.4 is 0 Å². The zero-order valence-corrected chi connectivity index (χ0v) is 20.8. The Hall–Kier alpha value is -2.89. The quantitative estimate of drug-likeness (QED) is 0.306. The normalized spacial score (nSPS) is 11.7. The number of rotatable bonds is 6. The lowest BCUT2D eigenvalue weighted by Gasteiger charge is -2.24. The number of pyridine rings is 1. The van der Waals surface area contributed by atoms with Crippen molar-refractivity contribution in [3.05, 3.63) is 99.2 Å². The van der Waals surface area contributed by atoms with Crippen molar-refractivity contribution >= 4 is 40.0 Å². The van der Waals surface area contributed by atoms with Crippen LogP contribution in [-0.4, -0.2) is 27.3 Å². The molecule has 2 aromatic carbocycles. The molecule has 0 aliphatic carbocycles. The number of aromatic amines is 1. The number of carbonyl (C=O) groups is 1. The standard InChI is InChI=1S/C27H26Cl2FN3O/c1-27(2,3)22-9-6-18(15-32-22)16-33(13-11-17-4-7-20(28)8-5-17)26(34)23-24(30)21(29)14-19-10-12-31-25(19)23/h4-10,12,14-15,31H,11,13,16H2,1-3H3. The van der Waals surface area contributed by atoms with E-state index < -0.39 is 11.7 Å². The number of nitrogens with one attached hydrogen (secondary N) is 1. The van der Waals surface area contributed by atoms with Gasteiger partial charge in [-0.05, 0) is 47.9 Å². The number of hydrogen-bond donors (Lipinski definition) is 1. The van der Waals surface area contributed by atoms with Crippen molar-refractivity contribution in [2.45, 2.75) is 39.2 Å². The van der Waals surface area contributed by atoms with Gasteiger partial charge < -0.3 is 9.88 Å². The third kappa shape index (κ3) is 5.26. The Morgan fingerprint density at radius 2 is 1.76 bits per heavy atom. The van der Waals surface area contributed by atoms with Crippen LogP contribution in [-0.2, 0) is 18.4 Å². The van der Waals surface area contributed by atoms with Crippen molar-refractivity contribution in [1.82, 2.24) is 14.9 Å². The van der Waals surface area contributed by atoms with E-state index >= 15 is 4.39 Å². The van der Waals surface area contributed by atoms with E-state index in [-0.39, 0.29) is 22.5 Å². The molecule has 0 saturated carbocycles. The van der Waals surface area contributed by atoms with Gasteiger partial charge in [-0.3, -0.25) is 9.78 Å². The van der Waals surface area contributed by atoms with E-state index in [1.165, 1.54) is 6.07 Å². The number of nitrogens with zero attached hydrogens (tertiary/aromatic N) is 2. The molecule has 176 valence electrons. The predicted molar refractivity (Wildman–Crippen MR) is 136 cm³/mol. The maximum atomic E-state index is 15.1. The van der Waals surface area contributed by atoms with Gasteiger partial charge in [0.2, 0.25) is 0 Å². The second-order valence-corrected chi connectivity index (χ2v) is 10.2. The van der Waals surface area contributed by atoms with Crippen molar-refractivity contribution in [3.63, 3.8) is 0 Å².